The molecule has 7 nitrogen and oxygen atoms in total. The van der Waals surface area contributed by atoms with Crippen LogP contribution in [-0.4, -0.2) is 33.3 Å². The summed E-state index contributed by atoms with van der Waals surface area (Å²) in [5.74, 6) is 0.275. The first-order valence-electron chi connectivity index (χ1n) is 10.3. The zero-order valence-corrected chi connectivity index (χ0v) is 17.3. The molecule has 1 aliphatic rings. The van der Waals surface area contributed by atoms with Gasteiger partial charge < -0.3 is 16.0 Å². The van der Waals surface area contributed by atoms with Crippen molar-refractivity contribution in [2.45, 2.75) is 19.3 Å². The SMILES string of the molecule is C=C(Nc1c[nH]nc1C(=C)Nc1ccc(CC2CCNCC2)nc1)c1cncc(F)c1. The molecule has 4 rings (SSSR count). The normalized spacial score (nSPS) is 14.2. The van der Waals surface area contributed by atoms with Gasteiger partial charge in [-0.15, -0.1) is 0 Å². The highest BCUT2D eigenvalue weighted by Gasteiger charge is 2.15. The summed E-state index contributed by atoms with van der Waals surface area (Å²) in [6.45, 7) is 10.2. The number of nitrogens with one attached hydrogen (secondary N) is 4. The molecule has 3 aromatic heterocycles. The number of rotatable bonds is 8. The van der Waals surface area contributed by atoms with Crippen LogP contribution in [0.5, 0.6) is 0 Å². The predicted octanol–water partition coefficient (Wildman–Crippen LogP) is 4.05. The monoisotopic (exact) mass is 419 g/mol. The van der Waals surface area contributed by atoms with Gasteiger partial charge in [0.05, 0.1) is 29.5 Å². The highest BCUT2D eigenvalue weighted by molar-refractivity contribution is 5.84. The zero-order chi connectivity index (χ0) is 21.6. The minimum atomic E-state index is -0.421. The number of anilines is 2. The molecule has 3 aromatic rings. The maximum atomic E-state index is 13.4. The van der Waals surface area contributed by atoms with E-state index in [9.17, 15) is 4.39 Å². The summed E-state index contributed by atoms with van der Waals surface area (Å²) in [4.78, 5) is 8.45. The number of piperidine rings is 1. The van der Waals surface area contributed by atoms with Crippen LogP contribution >= 0.6 is 0 Å². The summed E-state index contributed by atoms with van der Waals surface area (Å²) in [5.41, 5.74) is 4.87. The van der Waals surface area contributed by atoms with Gasteiger partial charge in [0.1, 0.15) is 11.5 Å². The Morgan fingerprint density at radius 2 is 1.94 bits per heavy atom. The maximum absolute atomic E-state index is 13.4. The van der Waals surface area contributed by atoms with Gasteiger partial charge in [0.2, 0.25) is 0 Å². The molecule has 0 amide bonds. The molecule has 0 aliphatic carbocycles. The zero-order valence-electron chi connectivity index (χ0n) is 17.3. The number of H-pyrrole nitrogens is 1. The van der Waals surface area contributed by atoms with E-state index in [1.54, 1.807) is 12.4 Å². The molecule has 0 bridgehead atoms. The number of aromatic nitrogens is 4. The van der Waals surface area contributed by atoms with Gasteiger partial charge in [-0.2, -0.15) is 5.10 Å². The number of hydrogen-bond donors (Lipinski definition) is 4. The predicted molar refractivity (Wildman–Crippen MR) is 122 cm³/mol. The minimum Gasteiger partial charge on any atom is -0.353 e. The third kappa shape index (κ3) is 5.35. The Bertz CT molecular complexity index is 1050. The fourth-order valence-electron chi connectivity index (χ4n) is 3.66. The summed E-state index contributed by atoms with van der Waals surface area (Å²) in [6.07, 6.45) is 9.61. The number of halogens is 1. The molecular formula is C23H26FN7. The summed E-state index contributed by atoms with van der Waals surface area (Å²) < 4.78 is 13.4. The lowest BCUT2D eigenvalue weighted by Crippen LogP contribution is -2.28. The average molecular weight is 420 g/mol. The molecule has 1 fully saturated rings. The van der Waals surface area contributed by atoms with Gasteiger partial charge in [-0.25, -0.2) is 4.39 Å². The minimum absolute atomic E-state index is 0.421. The Labute approximate surface area is 180 Å². The van der Waals surface area contributed by atoms with E-state index in [2.05, 4.69) is 55.3 Å². The molecule has 8 heteroatoms. The number of pyridine rings is 2. The van der Waals surface area contributed by atoms with Crippen LogP contribution in [-0.2, 0) is 6.42 Å². The van der Waals surface area contributed by atoms with Crippen LogP contribution < -0.4 is 16.0 Å². The number of aromatic amines is 1. The molecule has 160 valence electrons. The third-order valence-corrected chi connectivity index (χ3v) is 5.34. The lowest BCUT2D eigenvalue weighted by Gasteiger charge is -2.22. The van der Waals surface area contributed by atoms with E-state index in [1.165, 1.54) is 18.9 Å². The molecule has 31 heavy (non-hydrogen) atoms. The van der Waals surface area contributed by atoms with Crippen molar-refractivity contribution < 1.29 is 4.39 Å². The molecule has 0 saturated carbocycles. The molecule has 0 unspecified atom stereocenters. The van der Waals surface area contributed by atoms with E-state index in [1.807, 2.05) is 12.3 Å². The first-order chi connectivity index (χ1) is 15.1. The second-order valence-electron chi connectivity index (χ2n) is 7.68. The van der Waals surface area contributed by atoms with Crippen LogP contribution in [0.15, 0.2) is 56.1 Å². The highest BCUT2D eigenvalue weighted by Crippen LogP contribution is 2.25. The Balaban J connectivity index is 1.38. The van der Waals surface area contributed by atoms with E-state index in [0.717, 1.165) is 37.1 Å². The molecule has 0 atom stereocenters. The molecule has 1 aliphatic heterocycles. The molecule has 0 aromatic carbocycles. The van der Waals surface area contributed by atoms with Gasteiger partial charge in [0.25, 0.3) is 0 Å². The molecule has 0 radical (unpaired) electrons. The standard InChI is InChI=1S/C23H26FN7/c1-15(18-10-19(24)12-26-11-18)30-22-14-28-31-23(22)16(2)29-21-4-3-20(27-13-21)9-17-5-7-25-8-6-17/h3-4,10-14,17,25,29-30H,1-2,5-9H2,(H,28,31). The lowest BCUT2D eigenvalue weighted by molar-refractivity contribution is 0.370. The van der Waals surface area contributed by atoms with Crippen molar-refractivity contribution in [1.29, 1.82) is 0 Å². The fourth-order valence-corrected chi connectivity index (χ4v) is 3.66. The van der Waals surface area contributed by atoms with Crippen LogP contribution in [0.4, 0.5) is 15.8 Å². The van der Waals surface area contributed by atoms with Gasteiger partial charge in [-0.3, -0.25) is 15.1 Å². The number of hydrogen-bond acceptors (Lipinski definition) is 6. The van der Waals surface area contributed by atoms with E-state index >= 15 is 0 Å². The summed E-state index contributed by atoms with van der Waals surface area (Å²) in [7, 11) is 0. The Morgan fingerprint density at radius 1 is 1.10 bits per heavy atom. The van der Waals surface area contributed by atoms with Crippen molar-refractivity contribution in [3.05, 3.63) is 78.9 Å². The second-order valence-corrected chi connectivity index (χ2v) is 7.68. The van der Waals surface area contributed by atoms with E-state index in [-0.39, 0.29) is 0 Å². The van der Waals surface area contributed by atoms with Gasteiger partial charge in [-0.05, 0) is 56.5 Å². The lowest BCUT2D eigenvalue weighted by atomic mass is 9.93. The molecule has 0 spiro atoms. The van der Waals surface area contributed by atoms with Crippen LogP contribution in [0, 0.1) is 11.7 Å². The van der Waals surface area contributed by atoms with Gasteiger partial charge in [-0.1, -0.05) is 13.2 Å². The van der Waals surface area contributed by atoms with Crippen LogP contribution in [0.25, 0.3) is 11.4 Å². The highest BCUT2D eigenvalue weighted by atomic mass is 19.1. The maximum Gasteiger partial charge on any atom is 0.142 e. The first kappa shape index (κ1) is 20.7. The summed E-state index contributed by atoms with van der Waals surface area (Å²) in [6, 6.07) is 5.43. The Hall–Kier alpha value is -3.52. The average Bonchev–Trinajstić information content (AvgIpc) is 3.24. The van der Waals surface area contributed by atoms with Crippen molar-refractivity contribution in [3.8, 4) is 0 Å². The van der Waals surface area contributed by atoms with Crippen LogP contribution in [0.3, 0.4) is 0 Å². The van der Waals surface area contributed by atoms with E-state index < -0.39 is 5.82 Å². The molecule has 1 saturated heterocycles. The van der Waals surface area contributed by atoms with Crippen molar-refractivity contribution in [2.24, 2.45) is 5.92 Å². The van der Waals surface area contributed by atoms with Crippen molar-refractivity contribution in [1.82, 2.24) is 25.5 Å². The summed E-state index contributed by atoms with van der Waals surface area (Å²) in [5, 5.41) is 16.9. The van der Waals surface area contributed by atoms with Crippen LogP contribution in [0.2, 0.25) is 0 Å². The smallest absolute Gasteiger partial charge is 0.142 e. The molecule has 4 N–H and O–H groups in total. The van der Waals surface area contributed by atoms with Crippen molar-refractivity contribution >= 4 is 22.8 Å². The quantitative estimate of drug-likeness (QED) is 0.440. The van der Waals surface area contributed by atoms with E-state index in [0.29, 0.717) is 34.3 Å². The van der Waals surface area contributed by atoms with Gasteiger partial charge in [0.15, 0.2) is 0 Å². The third-order valence-electron chi connectivity index (χ3n) is 5.34. The largest absolute Gasteiger partial charge is 0.353 e. The van der Waals surface area contributed by atoms with Gasteiger partial charge >= 0.3 is 0 Å². The number of nitrogens with zero attached hydrogens (tertiary/aromatic N) is 3. The summed E-state index contributed by atoms with van der Waals surface area (Å²) >= 11 is 0. The Morgan fingerprint density at radius 3 is 2.68 bits per heavy atom. The van der Waals surface area contributed by atoms with Crippen molar-refractivity contribution in [2.75, 3.05) is 23.7 Å². The topological polar surface area (TPSA) is 90.5 Å². The Kier molecular flexibility index (Phi) is 6.37. The van der Waals surface area contributed by atoms with Gasteiger partial charge in [0, 0.05) is 29.3 Å². The first-order valence-corrected chi connectivity index (χ1v) is 10.3. The van der Waals surface area contributed by atoms with Crippen molar-refractivity contribution in [3.63, 3.8) is 0 Å². The van der Waals surface area contributed by atoms with E-state index in [4.69, 9.17) is 0 Å². The van der Waals surface area contributed by atoms with Crippen LogP contribution in [0.1, 0.15) is 29.8 Å². The molecular weight excluding hydrogens is 393 g/mol. The molecule has 4 heterocycles. The second kappa shape index (κ2) is 9.53. The fraction of sp³-hybridized carbons (Fsp3) is 0.261.